The fraction of sp³-hybridized carbons (Fsp3) is 0.800. The summed E-state index contributed by atoms with van der Waals surface area (Å²) in [4.78, 5) is 2.46. The molecule has 4 nitrogen and oxygen atoms in total. The summed E-state index contributed by atoms with van der Waals surface area (Å²) < 4.78 is 2.05. The molecule has 2 atom stereocenters. The Labute approximate surface area is 115 Å². The van der Waals surface area contributed by atoms with Gasteiger partial charge in [0.1, 0.15) is 0 Å². The van der Waals surface area contributed by atoms with Gasteiger partial charge in [0.25, 0.3) is 0 Å². The molecule has 1 N–H and O–H groups in total. The van der Waals surface area contributed by atoms with E-state index in [1.165, 1.54) is 24.1 Å². The van der Waals surface area contributed by atoms with Gasteiger partial charge in [-0.1, -0.05) is 6.92 Å². The van der Waals surface area contributed by atoms with Crippen molar-refractivity contribution in [2.24, 2.45) is 13.0 Å². The fourth-order valence-electron chi connectivity index (χ4n) is 3.19. The number of rotatable bonds is 3. The molecule has 0 amide bonds. The minimum atomic E-state index is -0.495. The van der Waals surface area contributed by atoms with Gasteiger partial charge in [-0.05, 0) is 32.1 Å². The molecule has 0 aromatic carbocycles. The lowest BCUT2D eigenvalue weighted by atomic mass is 9.84. The van der Waals surface area contributed by atoms with E-state index in [-0.39, 0.29) is 0 Å². The summed E-state index contributed by atoms with van der Waals surface area (Å²) in [5, 5.41) is 14.7. The molecule has 2 fully saturated rings. The first-order valence-electron chi connectivity index (χ1n) is 7.43. The van der Waals surface area contributed by atoms with Crippen molar-refractivity contribution in [2.45, 2.75) is 51.2 Å². The number of hydrogen-bond acceptors (Lipinski definition) is 3. The zero-order valence-electron chi connectivity index (χ0n) is 12.3. The van der Waals surface area contributed by atoms with Crippen LogP contribution in [0.15, 0.2) is 6.20 Å². The molecule has 3 rings (SSSR count). The van der Waals surface area contributed by atoms with Gasteiger partial charge in [-0.15, -0.1) is 0 Å². The molecule has 1 aromatic heterocycles. The van der Waals surface area contributed by atoms with E-state index in [0.29, 0.717) is 5.92 Å². The summed E-state index contributed by atoms with van der Waals surface area (Å²) in [6.45, 7) is 7.06. The number of aliphatic hydroxyl groups is 1. The van der Waals surface area contributed by atoms with E-state index >= 15 is 0 Å². The third-order valence-corrected chi connectivity index (χ3v) is 4.95. The molecule has 4 heteroatoms. The van der Waals surface area contributed by atoms with Crippen molar-refractivity contribution in [3.63, 3.8) is 0 Å². The van der Waals surface area contributed by atoms with E-state index in [2.05, 4.69) is 28.7 Å². The molecule has 19 heavy (non-hydrogen) atoms. The minimum absolute atomic E-state index is 0.335. The summed E-state index contributed by atoms with van der Waals surface area (Å²) in [5.74, 6) is 1.08. The second kappa shape index (κ2) is 4.60. The molecule has 1 saturated heterocycles. The Balaban J connectivity index is 1.69. The molecule has 106 valence electrons. The SMILES string of the molecule is C[C@H]1CN(Cc2cnn(C)c2C2CC2)CC[C@@]1(C)O. The second-order valence-electron chi connectivity index (χ2n) is 6.70. The van der Waals surface area contributed by atoms with Crippen LogP contribution in [0.3, 0.4) is 0 Å². The summed E-state index contributed by atoms with van der Waals surface area (Å²) >= 11 is 0. The van der Waals surface area contributed by atoms with E-state index in [9.17, 15) is 5.11 Å². The average molecular weight is 263 g/mol. The maximum absolute atomic E-state index is 10.2. The van der Waals surface area contributed by atoms with Crippen molar-refractivity contribution in [1.82, 2.24) is 14.7 Å². The Kier molecular flexibility index (Phi) is 3.18. The number of aromatic nitrogens is 2. The number of hydrogen-bond donors (Lipinski definition) is 1. The average Bonchev–Trinajstić information content (AvgIpc) is 3.10. The molecule has 2 heterocycles. The number of aryl methyl sites for hydroxylation is 1. The van der Waals surface area contributed by atoms with Gasteiger partial charge >= 0.3 is 0 Å². The standard InChI is InChI=1S/C15H25N3O/c1-11-9-18(7-6-15(11,2)19)10-13-8-16-17(3)14(13)12-4-5-12/h8,11-12,19H,4-7,9-10H2,1-3H3/t11-,15+/m0/s1. The van der Waals surface area contributed by atoms with Gasteiger partial charge in [0.05, 0.1) is 11.8 Å². The highest BCUT2D eigenvalue weighted by Crippen LogP contribution is 2.41. The van der Waals surface area contributed by atoms with Crippen LogP contribution in [0.25, 0.3) is 0 Å². The normalized spacial score (nSPS) is 32.7. The van der Waals surface area contributed by atoms with Gasteiger partial charge in [-0.2, -0.15) is 5.10 Å². The lowest BCUT2D eigenvalue weighted by Crippen LogP contribution is -2.48. The molecule has 0 bridgehead atoms. The molecule has 1 aromatic rings. The molecule has 0 unspecified atom stereocenters. The van der Waals surface area contributed by atoms with Crippen LogP contribution in [-0.2, 0) is 13.6 Å². The Bertz CT molecular complexity index is 462. The molecular weight excluding hydrogens is 238 g/mol. The molecular formula is C15H25N3O. The topological polar surface area (TPSA) is 41.3 Å². The van der Waals surface area contributed by atoms with Crippen LogP contribution >= 0.6 is 0 Å². The Morgan fingerprint density at radius 3 is 2.84 bits per heavy atom. The van der Waals surface area contributed by atoms with Crippen molar-refractivity contribution in [3.8, 4) is 0 Å². The molecule has 0 radical (unpaired) electrons. The van der Waals surface area contributed by atoms with Gasteiger partial charge in [-0.3, -0.25) is 9.58 Å². The van der Waals surface area contributed by atoms with Gasteiger partial charge in [0.2, 0.25) is 0 Å². The third-order valence-electron chi connectivity index (χ3n) is 4.95. The van der Waals surface area contributed by atoms with E-state index in [1.54, 1.807) is 0 Å². The second-order valence-corrected chi connectivity index (χ2v) is 6.70. The zero-order chi connectivity index (χ0) is 13.6. The smallest absolute Gasteiger partial charge is 0.0669 e. The maximum Gasteiger partial charge on any atom is 0.0669 e. The molecule has 1 aliphatic heterocycles. The van der Waals surface area contributed by atoms with E-state index in [1.807, 2.05) is 13.1 Å². The number of piperidine rings is 1. The van der Waals surface area contributed by atoms with Crippen LogP contribution in [-0.4, -0.2) is 38.5 Å². The largest absolute Gasteiger partial charge is 0.390 e. The Morgan fingerprint density at radius 1 is 1.47 bits per heavy atom. The number of nitrogens with zero attached hydrogens (tertiary/aromatic N) is 3. The lowest BCUT2D eigenvalue weighted by Gasteiger charge is -2.41. The summed E-state index contributed by atoms with van der Waals surface area (Å²) in [5.41, 5.74) is 2.33. The van der Waals surface area contributed by atoms with Crippen LogP contribution < -0.4 is 0 Å². The quantitative estimate of drug-likeness (QED) is 0.905. The summed E-state index contributed by atoms with van der Waals surface area (Å²) in [7, 11) is 2.06. The Hall–Kier alpha value is -0.870. The first-order valence-corrected chi connectivity index (χ1v) is 7.43. The first kappa shape index (κ1) is 13.1. The van der Waals surface area contributed by atoms with E-state index in [0.717, 1.165) is 32.0 Å². The first-order chi connectivity index (χ1) is 8.97. The molecule has 1 saturated carbocycles. The van der Waals surface area contributed by atoms with Crippen LogP contribution in [0.2, 0.25) is 0 Å². The highest BCUT2D eigenvalue weighted by molar-refractivity contribution is 5.25. The van der Waals surface area contributed by atoms with Gasteiger partial charge < -0.3 is 5.11 Å². The summed E-state index contributed by atoms with van der Waals surface area (Å²) in [6, 6.07) is 0. The van der Waals surface area contributed by atoms with E-state index in [4.69, 9.17) is 0 Å². The van der Waals surface area contributed by atoms with Crippen LogP contribution in [0, 0.1) is 5.92 Å². The molecule has 0 spiro atoms. The molecule has 2 aliphatic rings. The van der Waals surface area contributed by atoms with Crippen LogP contribution in [0.1, 0.15) is 50.3 Å². The predicted molar refractivity (Wildman–Crippen MR) is 74.9 cm³/mol. The van der Waals surface area contributed by atoms with Crippen molar-refractivity contribution in [1.29, 1.82) is 0 Å². The monoisotopic (exact) mass is 263 g/mol. The van der Waals surface area contributed by atoms with Gasteiger partial charge in [-0.25, -0.2) is 0 Å². The van der Waals surface area contributed by atoms with Gasteiger partial charge in [0, 0.05) is 43.9 Å². The summed E-state index contributed by atoms with van der Waals surface area (Å²) in [6.07, 6.45) is 5.54. The van der Waals surface area contributed by atoms with Gasteiger partial charge in [0.15, 0.2) is 0 Å². The molecule has 1 aliphatic carbocycles. The van der Waals surface area contributed by atoms with Crippen molar-refractivity contribution in [3.05, 3.63) is 17.5 Å². The minimum Gasteiger partial charge on any atom is -0.390 e. The third kappa shape index (κ3) is 2.56. The predicted octanol–water partition coefficient (Wildman–Crippen LogP) is 1.89. The lowest BCUT2D eigenvalue weighted by molar-refractivity contribution is -0.0524. The number of likely N-dealkylation sites (tertiary alicyclic amines) is 1. The van der Waals surface area contributed by atoms with Crippen LogP contribution in [0.5, 0.6) is 0 Å². The zero-order valence-corrected chi connectivity index (χ0v) is 12.3. The Morgan fingerprint density at radius 2 is 2.21 bits per heavy atom. The highest BCUT2D eigenvalue weighted by atomic mass is 16.3. The fourth-order valence-corrected chi connectivity index (χ4v) is 3.19. The van der Waals surface area contributed by atoms with Crippen LogP contribution in [0.4, 0.5) is 0 Å². The van der Waals surface area contributed by atoms with Crippen molar-refractivity contribution in [2.75, 3.05) is 13.1 Å². The highest BCUT2D eigenvalue weighted by Gasteiger charge is 2.35. The van der Waals surface area contributed by atoms with E-state index < -0.39 is 5.60 Å². The maximum atomic E-state index is 10.2. The van der Waals surface area contributed by atoms with Crippen molar-refractivity contribution < 1.29 is 5.11 Å². The van der Waals surface area contributed by atoms with Crippen molar-refractivity contribution >= 4 is 0 Å².